The first-order valence-electron chi connectivity index (χ1n) is 7.04. The summed E-state index contributed by atoms with van der Waals surface area (Å²) in [6, 6.07) is 14.3. The summed E-state index contributed by atoms with van der Waals surface area (Å²) in [7, 11) is 0. The number of nitrogens with two attached hydrogens (primary N) is 1. The van der Waals surface area contributed by atoms with E-state index in [-0.39, 0.29) is 17.7 Å². The van der Waals surface area contributed by atoms with Crippen LogP contribution in [-0.4, -0.2) is 17.6 Å². The van der Waals surface area contributed by atoms with Crippen molar-refractivity contribution in [2.75, 3.05) is 5.75 Å². The van der Waals surface area contributed by atoms with Crippen molar-refractivity contribution in [1.29, 1.82) is 0 Å². The zero-order chi connectivity index (χ0) is 16.8. The molecule has 0 saturated heterocycles. The van der Waals surface area contributed by atoms with Gasteiger partial charge in [-0.05, 0) is 36.8 Å². The first kappa shape index (κ1) is 17.4. The van der Waals surface area contributed by atoms with Crippen LogP contribution < -0.4 is 11.1 Å². The Morgan fingerprint density at radius 2 is 1.83 bits per heavy atom. The van der Waals surface area contributed by atoms with Gasteiger partial charge in [-0.15, -0.1) is 11.8 Å². The summed E-state index contributed by atoms with van der Waals surface area (Å²) in [6.45, 7) is 1.90. The van der Waals surface area contributed by atoms with E-state index in [0.29, 0.717) is 10.6 Å². The molecule has 6 heteroatoms. The van der Waals surface area contributed by atoms with Crippen LogP contribution in [0.3, 0.4) is 0 Å². The fourth-order valence-corrected chi connectivity index (χ4v) is 2.95. The van der Waals surface area contributed by atoms with Gasteiger partial charge in [0, 0.05) is 9.92 Å². The number of halogens is 1. The Balaban J connectivity index is 2.11. The van der Waals surface area contributed by atoms with E-state index in [1.54, 1.807) is 30.3 Å². The number of carbonyl (C=O) groups is 2. The highest BCUT2D eigenvalue weighted by Gasteiger charge is 2.15. The van der Waals surface area contributed by atoms with E-state index in [2.05, 4.69) is 5.32 Å². The number of hydrogen-bond donors (Lipinski definition) is 2. The number of amides is 2. The van der Waals surface area contributed by atoms with Crippen molar-refractivity contribution < 1.29 is 9.59 Å². The largest absolute Gasteiger partial charge is 0.369 e. The SMILES string of the molecule is C[C@H](NC(=O)c1ccccc1SCC(N)=O)c1ccc(Cl)cc1. The second-order valence-electron chi connectivity index (χ2n) is 5.00. The Hall–Kier alpha value is -1.98. The summed E-state index contributed by atoms with van der Waals surface area (Å²) in [6.07, 6.45) is 0. The highest BCUT2D eigenvalue weighted by atomic mass is 35.5. The molecule has 2 amide bonds. The van der Waals surface area contributed by atoms with E-state index in [9.17, 15) is 9.59 Å². The molecular weight excluding hydrogens is 332 g/mol. The van der Waals surface area contributed by atoms with Crippen LogP contribution in [0.25, 0.3) is 0 Å². The standard InChI is InChI=1S/C17H17ClN2O2S/c1-11(12-6-8-13(18)9-7-12)20-17(22)14-4-2-3-5-15(14)23-10-16(19)21/h2-9,11H,10H2,1H3,(H2,19,21)(H,20,22)/t11-/m0/s1. The van der Waals surface area contributed by atoms with Crippen molar-refractivity contribution in [3.63, 3.8) is 0 Å². The molecule has 1 atom stereocenters. The fraction of sp³-hybridized carbons (Fsp3) is 0.176. The van der Waals surface area contributed by atoms with Crippen molar-refractivity contribution >= 4 is 35.2 Å². The van der Waals surface area contributed by atoms with E-state index in [4.69, 9.17) is 17.3 Å². The number of benzene rings is 2. The van der Waals surface area contributed by atoms with Crippen LogP contribution in [-0.2, 0) is 4.79 Å². The van der Waals surface area contributed by atoms with Gasteiger partial charge < -0.3 is 11.1 Å². The third-order valence-electron chi connectivity index (χ3n) is 3.22. The Morgan fingerprint density at radius 1 is 1.17 bits per heavy atom. The summed E-state index contributed by atoms with van der Waals surface area (Å²) < 4.78 is 0. The minimum absolute atomic E-state index is 0.136. The normalized spacial score (nSPS) is 11.7. The lowest BCUT2D eigenvalue weighted by atomic mass is 10.1. The Morgan fingerprint density at radius 3 is 2.48 bits per heavy atom. The van der Waals surface area contributed by atoms with Crippen LogP contribution in [0.4, 0.5) is 0 Å². The quantitative estimate of drug-likeness (QED) is 0.786. The molecule has 4 nitrogen and oxygen atoms in total. The van der Waals surface area contributed by atoms with Crippen molar-refractivity contribution in [2.45, 2.75) is 17.9 Å². The van der Waals surface area contributed by atoms with E-state index in [1.807, 2.05) is 25.1 Å². The summed E-state index contributed by atoms with van der Waals surface area (Å²) in [5.41, 5.74) is 6.65. The predicted octanol–water partition coefficient (Wildman–Crippen LogP) is 3.41. The van der Waals surface area contributed by atoms with Crippen molar-refractivity contribution in [2.24, 2.45) is 5.73 Å². The van der Waals surface area contributed by atoms with Gasteiger partial charge >= 0.3 is 0 Å². The zero-order valence-corrected chi connectivity index (χ0v) is 14.2. The molecular formula is C17H17ClN2O2S. The van der Waals surface area contributed by atoms with Gasteiger partial charge in [-0.1, -0.05) is 35.9 Å². The van der Waals surface area contributed by atoms with Gasteiger partial charge in [0.1, 0.15) is 0 Å². The molecule has 3 N–H and O–H groups in total. The van der Waals surface area contributed by atoms with E-state index in [1.165, 1.54) is 11.8 Å². The maximum absolute atomic E-state index is 12.5. The summed E-state index contributed by atoms with van der Waals surface area (Å²) in [5, 5.41) is 3.60. The molecule has 23 heavy (non-hydrogen) atoms. The molecule has 2 aromatic carbocycles. The van der Waals surface area contributed by atoms with Gasteiger partial charge in [0.15, 0.2) is 0 Å². The molecule has 0 aromatic heterocycles. The highest BCUT2D eigenvalue weighted by Crippen LogP contribution is 2.23. The molecule has 0 aliphatic rings. The first-order chi connectivity index (χ1) is 11.0. The average Bonchev–Trinajstić information content (AvgIpc) is 2.53. The lowest BCUT2D eigenvalue weighted by Crippen LogP contribution is -2.27. The minimum Gasteiger partial charge on any atom is -0.369 e. The summed E-state index contributed by atoms with van der Waals surface area (Å²) in [4.78, 5) is 24.2. The van der Waals surface area contributed by atoms with Crippen LogP contribution in [0, 0.1) is 0 Å². The van der Waals surface area contributed by atoms with Gasteiger partial charge in [-0.3, -0.25) is 9.59 Å². The van der Waals surface area contributed by atoms with Crippen molar-refractivity contribution in [1.82, 2.24) is 5.32 Å². The smallest absolute Gasteiger partial charge is 0.252 e. The van der Waals surface area contributed by atoms with Gasteiger partial charge in [0.25, 0.3) is 5.91 Å². The monoisotopic (exact) mass is 348 g/mol. The average molecular weight is 349 g/mol. The molecule has 0 bridgehead atoms. The van der Waals surface area contributed by atoms with Gasteiger partial charge in [0.05, 0.1) is 17.4 Å². The number of rotatable bonds is 6. The Bertz CT molecular complexity index is 704. The van der Waals surface area contributed by atoms with Crippen molar-refractivity contribution in [3.05, 3.63) is 64.7 Å². The fourth-order valence-electron chi connectivity index (χ4n) is 2.04. The number of nitrogens with one attached hydrogen (secondary N) is 1. The van der Waals surface area contributed by atoms with Crippen LogP contribution >= 0.6 is 23.4 Å². The number of hydrogen-bond acceptors (Lipinski definition) is 3. The van der Waals surface area contributed by atoms with E-state index >= 15 is 0 Å². The van der Waals surface area contributed by atoms with Crippen LogP contribution in [0.1, 0.15) is 28.9 Å². The Labute approximate surface area is 144 Å². The van der Waals surface area contributed by atoms with Crippen LogP contribution in [0.15, 0.2) is 53.4 Å². The molecule has 0 saturated carbocycles. The second-order valence-corrected chi connectivity index (χ2v) is 6.45. The third-order valence-corrected chi connectivity index (χ3v) is 4.57. The molecule has 0 fully saturated rings. The summed E-state index contributed by atoms with van der Waals surface area (Å²) in [5.74, 6) is -0.475. The Kier molecular flexibility index (Phi) is 6.07. The number of carbonyl (C=O) groups excluding carboxylic acids is 2. The maximum Gasteiger partial charge on any atom is 0.252 e. The van der Waals surface area contributed by atoms with E-state index < -0.39 is 5.91 Å². The molecule has 0 aliphatic carbocycles. The number of primary amides is 1. The van der Waals surface area contributed by atoms with Gasteiger partial charge in [-0.2, -0.15) is 0 Å². The van der Waals surface area contributed by atoms with Crippen LogP contribution in [0.5, 0.6) is 0 Å². The predicted molar refractivity (Wildman–Crippen MR) is 93.7 cm³/mol. The molecule has 120 valence electrons. The molecule has 0 spiro atoms. The molecule has 0 aliphatic heterocycles. The molecule has 0 radical (unpaired) electrons. The molecule has 0 heterocycles. The summed E-state index contributed by atoms with van der Waals surface area (Å²) >= 11 is 7.13. The van der Waals surface area contributed by atoms with Crippen LogP contribution in [0.2, 0.25) is 5.02 Å². The van der Waals surface area contributed by atoms with E-state index in [0.717, 1.165) is 10.5 Å². The lowest BCUT2D eigenvalue weighted by Gasteiger charge is -2.16. The maximum atomic E-state index is 12.5. The molecule has 0 unspecified atom stereocenters. The van der Waals surface area contributed by atoms with Gasteiger partial charge in [0.2, 0.25) is 5.91 Å². The topological polar surface area (TPSA) is 72.2 Å². The van der Waals surface area contributed by atoms with Crippen molar-refractivity contribution in [3.8, 4) is 0 Å². The minimum atomic E-state index is -0.417. The third kappa shape index (κ3) is 5.01. The lowest BCUT2D eigenvalue weighted by molar-refractivity contribution is -0.115. The molecule has 2 rings (SSSR count). The van der Waals surface area contributed by atoms with Gasteiger partial charge in [-0.25, -0.2) is 0 Å². The first-order valence-corrected chi connectivity index (χ1v) is 8.40. The second kappa shape index (κ2) is 8.04. The number of thioether (sulfide) groups is 1. The molecule has 2 aromatic rings. The highest BCUT2D eigenvalue weighted by molar-refractivity contribution is 8.00. The zero-order valence-electron chi connectivity index (χ0n) is 12.6.